The number of carbonyl (C=O) groups is 2. The van der Waals surface area contributed by atoms with E-state index in [0.29, 0.717) is 28.3 Å². The second kappa shape index (κ2) is 13.8. The number of rotatable bonds is 14. The summed E-state index contributed by atoms with van der Waals surface area (Å²) in [5.74, 6) is 0.141. The summed E-state index contributed by atoms with van der Waals surface area (Å²) in [5, 5.41) is 6.59. The van der Waals surface area contributed by atoms with Crippen LogP contribution in [0.2, 0.25) is 0 Å². The van der Waals surface area contributed by atoms with Crippen LogP contribution in [0.5, 0.6) is 0 Å². The summed E-state index contributed by atoms with van der Waals surface area (Å²) in [6.45, 7) is 3.06. The van der Waals surface area contributed by atoms with Crippen molar-refractivity contribution in [1.82, 2.24) is 15.6 Å². The van der Waals surface area contributed by atoms with Gasteiger partial charge in [0, 0.05) is 17.7 Å². The Morgan fingerprint density at radius 2 is 1.88 bits per heavy atom. The van der Waals surface area contributed by atoms with E-state index in [0.717, 1.165) is 24.3 Å². The minimum atomic E-state index is -0.776. The first kappa shape index (κ1) is 25.8. The molecule has 1 amide bonds. The van der Waals surface area contributed by atoms with Gasteiger partial charge in [-0.05, 0) is 57.1 Å². The SMILES string of the molecule is CCOC(=O)[C@@H](Cc1ccccc1)NC(=O)c1ccc2oc(SCCCCCCNC)nc2c1. The van der Waals surface area contributed by atoms with Gasteiger partial charge in [0.2, 0.25) is 0 Å². The molecular weight excluding hydrogens is 450 g/mol. The number of aromatic nitrogens is 1. The lowest BCUT2D eigenvalue weighted by atomic mass is 10.1. The van der Waals surface area contributed by atoms with Crippen LogP contribution in [0, 0.1) is 0 Å². The second-order valence-electron chi connectivity index (χ2n) is 8.00. The zero-order valence-corrected chi connectivity index (χ0v) is 20.7. The molecule has 7 nitrogen and oxygen atoms in total. The van der Waals surface area contributed by atoms with Crippen LogP contribution in [0.4, 0.5) is 0 Å². The Bertz CT molecular complexity index is 1050. The number of nitrogens with one attached hydrogen (secondary N) is 2. The Labute approximate surface area is 205 Å². The number of esters is 1. The van der Waals surface area contributed by atoms with E-state index in [-0.39, 0.29) is 12.5 Å². The predicted molar refractivity (Wildman–Crippen MR) is 135 cm³/mol. The van der Waals surface area contributed by atoms with Crippen LogP contribution < -0.4 is 10.6 Å². The molecular formula is C26H33N3O4S. The summed E-state index contributed by atoms with van der Waals surface area (Å²) in [4.78, 5) is 29.9. The molecule has 34 heavy (non-hydrogen) atoms. The molecule has 0 radical (unpaired) electrons. The van der Waals surface area contributed by atoms with Crippen LogP contribution in [-0.4, -0.2) is 48.9 Å². The van der Waals surface area contributed by atoms with Gasteiger partial charge in [0.05, 0.1) is 6.61 Å². The van der Waals surface area contributed by atoms with E-state index < -0.39 is 12.0 Å². The molecule has 0 unspecified atom stereocenters. The van der Waals surface area contributed by atoms with Crippen molar-refractivity contribution in [2.24, 2.45) is 0 Å². The highest BCUT2D eigenvalue weighted by atomic mass is 32.2. The Morgan fingerprint density at radius 1 is 1.09 bits per heavy atom. The smallest absolute Gasteiger partial charge is 0.328 e. The fourth-order valence-corrected chi connectivity index (χ4v) is 4.39. The van der Waals surface area contributed by atoms with Gasteiger partial charge in [-0.15, -0.1) is 0 Å². The number of unbranched alkanes of at least 4 members (excludes halogenated alkanes) is 3. The van der Waals surface area contributed by atoms with Crippen molar-refractivity contribution in [3.63, 3.8) is 0 Å². The molecule has 182 valence electrons. The molecule has 0 fully saturated rings. The van der Waals surface area contributed by atoms with Gasteiger partial charge in [-0.1, -0.05) is 54.9 Å². The van der Waals surface area contributed by atoms with Gasteiger partial charge in [-0.25, -0.2) is 9.78 Å². The van der Waals surface area contributed by atoms with Crippen LogP contribution in [0.15, 0.2) is 58.2 Å². The summed E-state index contributed by atoms with van der Waals surface area (Å²) >= 11 is 1.59. The van der Waals surface area contributed by atoms with Crippen molar-refractivity contribution in [1.29, 1.82) is 0 Å². The van der Waals surface area contributed by atoms with Crippen LogP contribution in [-0.2, 0) is 16.0 Å². The molecule has 0 saturated carbocycles. The lowest BCUT2D eigenvalue weighted by Gasteiger charge is -2.17. The second-order valence-corrected chi connectivity index (χ2v) is 9.04. The molecule has 0 spiro atoms. The van der Waals surface area contributed by atoms with Gasteiger partial charge < -0.3 is 19.8 Å². The minimum Gasteiger partial charge on any atom is -0.464 e. The van der Waals surface area contributed by atoms with E-state index in [1.54, 1.807) is 36.9 Å². The molecule has 2 N–H and O–H groups in total. The van der Waals surface area contributed by atoms with Gasteiger partial charge in [-0.2, -0.15) is 0 Å². The van der Waals surface area contributed by atoms with E-state index in [1.807, 2.05) is 37.4 Å². The topological polar surface area (TPSA) is 93.5 Å². The lowest BCUT2D eigenvalue weighted by Crippen LogP contribution is -2.43. The average Bonchev–Trinajstić information content (AvgIpc) is 3.26. The van der Waals surface area contributed by atoms with Crippen molar-refractivity contribution in [3.05, 3.63) is 59.7 Å². The Morgan fingerprint density at radius 3 is 2.65 bits per heavy atom. The molecule has 0 aliphatic rings. The van der Waals surface area contributed by atoms with Crippen molar-refractivity contribution < 1.29 is 18.7 Å². The number of hydrogen-bond acceptors (Lipinski definition) is 7. The molecule has 3 rings (SSSR count). The third-order valence-electron chi connectivity index (χ3n) is 5.34. The molecule has 1 aromatic heterocycles. The van der Waals surface area contributed by atoms with E-state index in [4.69, 9.17) is 9.15 Å². The maximum atomic E-state index is 12.9. The molecule has 0 saturated heterocycles. The minimum absolute atomic E-state index is 0.251. The van der Waals surface area contributed by atoms with E-state index in [2.05, 4.69) is 15.6 Å². The molecule has 8 heteroatoms. The van der Waals surface area contributed by atoms with Crippen LogP contribution in [0.25, 0.3) is 11.1 Å². The third-order valence-corrected chi connectivity index (χ3v) is 6.25. The molecule has 0 bridgehead atoms. The summed E-state index contributed by atoms with van der Waals surface area (Å²) in [6, 6.07) is 13.9. The zero-order chi connectivity index (χ0) is 24.2. The molecule has 1 heterocycles. The first-order chi connectivity index (χ1) is 16.6. The number of hydrogen-bond donors (Lipinski definition) is 2. The standard InChI is InChI=1S/C26H33N3O4S/c1-3-32-25(31)22(17-19-11-7-6-8-12-19)28-24(30)20-13-14-23-21(18-20)29-26(33-23)34-16-10-5-4-9-15-27-2/h6-8,11-14,18,22,27H,3-5,9-10,15-17H2,1-2H3,(H,28,30)/t22-/m1/s1. The van der Waals surface area contributed by atoms with Gasteiger partial charge in [0.1, 0.15) is 11.6 Å². The van der Waals surface area contributed by atoms with Gasteiger partial charge >= 0.3 is 5.97 Å². The van der Waals surface area contributed by atoms with E-state index in [9.17, 15) is 9.59 Å². The molecule has 0 aliphatic heterocycles. The first-order valence-electron chi connectivity index (χ1n) is 11.8. The summed E-state index contributed by atoms with van der Waals surface area (Å²) in [6.07, 6.45) is 5.05. The predicted octanol–water partition coefficient (Wildman–Crippen LogP) is 4.60. The maximum absolute atomic E-state index is 12.9. The highest BCUT2D eigenvalue weighted by Crippen LogP contribution is 2.25. The fourth-order valence-electron chi connectivity index (χ4n) is 3.55. The number of fused-ring (bicyclic) bond motifs is 1. The Balaban J connectivity index is 1.60. The number of benzene rings is 2. The van der Waals surface area contributed by atoms with Crippen molar-refractivity contribution in [2.45, 2.75) is 50.3 Å². The Kier molecular flexibility index (Phi) is 10.4. The monoisotopic (exact) mass is 483 g/mol. The largest absolute Gasteiger partial charge is 0.464 e. The summed E-state index contributed by atoms with van der Waals surface area (Å²) < 4.78 is 11.0. The quantitative estimate of drug-likeness (QED) is 0.197. The zero-order valence-electron chi connectivity index (χ0n) is 19.8. The first-order valence-corrected chi connectivity index (χ1v) is 12.8. The number of oxazole rings is 1. The number of ether oxygens (including phenoxy) is 1. The van der Waals surface area contributed by atoms with Crippen LogP contribution >= 0.6 is 11.8 Å². The lowest BCUT2D eigenvalue weighted by molar-refractivity contribution is -0.145. The normalized spacial score (nSPS) is 11.9. The number of nitrogens with zero attached hydrogens (tertiary/aromatic N) is 1. The molecule has 3 aromatic rings. The third kappa shape index (κ3) is 7.88. The van der Waals surface area contributed by atoms with Crippen LogP contribution in [0.1, 0.15) is 48.5 Å². The number of thioether (sulfide) groups is 1. The van der Waals surface area contributed by atoms with E-state index >= 15 is 0 Å². The Hall–Kier alpha value is -2.84. The highest BCUT2D eigenvalue weighted by Gasteiger charge is 2.23. The highest BCUT2D eigenvalue weighted by molar-refractivity contribution is 7.99. The van der Waals surface area contributed by atoms with E-state index in [1.165, 1.54) is 19.3 Å². The van der Waals surface area contributed by atoms with Gasteiger partial charge in [0.25, 0.3) is 11.1 Å². The molecule has 1 atom stereocenters. The maximum Gasteiger partial charge on any atom is 0.328 e. The summed E-state index contributed by atoms with van der Waals surface area (Å²) in [7, 11) is 1.97. The van der Waals surface area contributed by atoms with Crippen molar-refractivity contribution in [3.8, 4) is 0 Å². The van der Waals surface area contributed by atoms with Crippen molar-refractivity contribution >= 4 is 34.7 Å². The number of carbonyl (C=O) groups excluding carboxylic acids is 2. The van der Waals surface area contributed by atoms with Crippen molar-refractivity contribution in [2.75, 3.05) is 26.0 Å². The fraction of sp³-hybridized carbons (Fsp3) is 0.423. The number of amides is 1. The molecule has 2 aromatic carbocycles. The van der Waals surface area contributed by atoms with Gasteiger partial charge in [0.15, 0.2) is 5.58 Å². The molecule has 0 aliphatic carbocycles. The average molecular weight is 484 g/mol. The summed E-state index contributed by atoms with van der Waals surface area (Å²) in [5.41, 5.74) is 2.62. The van der Waals surface area contributed by atoms with Crippen LogP contribution in [0.3, 0.4) is 0 Å². The van der Waals surface area contributed by atoms with Gasteiger partial charge in [-0.3, -0.25) is 4.79 Å².